The van der Waals surface area contributed by atoms with E-state index in [1.165, 1.54) is 6.07 Å². The summed E-state index contributed by atoms with van der Waals surface area (Å²) in [5.74, 6) is 1.39. The molecule has 2 rings (SSSR count). The second-order valence-electron chi connectivity index (χ2n) is 5.12. The number of aromatic amines is 1. The van der Waals surface area contributed by atoms with Crippen LogP contribution in [0.3, 0.4) is 0 Å². The topological polar surface area (TPSA) is 75.0 Å². The third-order valence-electron chi connectivity index (χ3n) is 3.15. The van der Waals surface area contributed by atoms with E-state index in [0.29, 0.717) is 16.6 Å². The number of thiocarbonyl (C=S) groups is 1. The molecule has 0 aliphatic rings. The summed E-state index contributed by atoms with van der Waals surface area (Å²) < 4.78 is 0. The number of H-pyrrole nitrogens is 1. The number of nitrogens with one attached hydrogen (secondary N) is 1. The van der Waals surface area contributed by atoms with Crippen LogP contribution < -0.4 is 16.2 Å². The lowest BCUT2D eigenvalue weighted by Gasteiger charge is -2.20. The molecule has 0 atom stereocenters. The van der Waals surface area contributed by atoms with Gasteiger partial charge in [0, 0.05) is 30.3 Å². The van der Waals surface area contributed by atoms with E-state index >= 15 is 0 Å². The van der Waals surface area contributed by atoms with Crippen molar-refractivity contribution in [3.05, 3.63) is 52.1 Å². The highest BCUT2D eigenvalue weighted by atomic mass is 32.1. The lowest BCUT2D eigenvalue weighted by atomic mass is 10.2. The molecule has 1 aromatic carbocycles. The fraction of sp³-hybridized carbons (Fsp3) is 0.267. The smallest absolute Gasteiger partial charge is 0.253 e. The molecule has 0 radical (unpaired) electrons. The Hall–Kier alpha value is -2.21. The van der Waals surface area contributed by atoms with Crippen molar-refractivity contribution < 1.29 is 0 Å². The molecule has 0 spiro atoms. The molecule has 3 N–H and O–H groups in total. The quantitative estimate of drug-likeness (QED) is 0.848. The van der Waals surface area contributed by atoms with Crippen molar-refractivity contribution in [2.75, 3.05) is 11.9 Å². The zero-order chi connectivity index (χ0) is 15.6. The number of benzene rings is 1. The highest BCUT2D eigenvalue weighted by Gasteiger charge is 2.11. The molecule has 0 unspecified atom stereocenters. The lowest BCUT2D eigenvalue weighted by molar-refractivity contribution is 0.764. The van der Waals surface area contributed by atoms with Crippen LogP contribution >= 0.6 is 12.2 Å². The van der Waals surface area contributed by atoms with Gasteiger partial charge in [-0.3, -0.25) is 4.79 Å². The molecule has 1 aromatic heterocycles. The minimum Gasteiger partial charge on any atom is -0.389 e. The van der Waals surface area contributed by atoms with Crippen molar-refractivity contribution in [3.63, 3.8) is 0 Å². The van der Waals surface area contributed by atoms with Gasteiger partial charge in [0.15, 0.2) is 0 Å². The van der Waals surface area contributed by atoms with Gasteiger partial charge in [0.05, 0.1) is 0 Å². The van der Waals surface area contributed by atoms with E-state index in [-0.39, 0.29) is 11.5 Å². The monoisotopic (exact) mass is 302 g/mol. The average Bonchev–Trinajstić information content (AvgIpc) is 2.45. The van der Waals surface area contributed by atoms with E-state index in [0.717, 1.165) is 11.3 Å². The van der Waals surface area contributed by atoms with Crippen LogP contribution in [-0.2, 0) is 0 Å². The molecule has 0 saturated carbocycles. The molecule has 0 aliphatic heterocycles. The van der Waals surface area contributed by atoms with Crippen LogP contribution in [0.2, 0.25) is 0 Å². The summed E-state index contributed by atoms with van der Waals surface area (Å²) in [4.78, 5) is 21.2. The summed E-state index contributed by atoms with van der Waals surface area (Å²) in [7, 11) is 1.85. The minimum atomic E-state index is -0.166. The first kappa shape index (κ1) is 15.2. The summed E-state index contributed by atoms with van der Waals surface area (Å²) in [5.41, 5.74) is 7.14. The Morgan fingerprint density at radius 2 is 2.10 bits per heavy atom. The van der Waals surface area contributed by atoms with Crippen molar-refractivity contribution in [2.24, 2.45) is 5.73 Å². The molecule has 0 saturated heterocycles. The van der Waals surface area contributed by atoms with Gasteiger partial charge in [-0.25, -0.2) is 4.98 Å². The number of hydrogen-bond donors (Lipinski definition) is 2. The Bertz CT molecular complexity index is 724. The summed E-state index contributed by atoms with van der Waals surface area (Å²) in [6.45, 7) is 3.96. The van der Waals surface area contributed by atoms with Gasteiger partial charge >= 0.3 is 0 Å². The van der Waals surface area contributed by atoms with Crippen LogP contribution in [0.1, 0.15) is 31.2 Å². The molecule has 21 heavy (non-hydrogen) atoms. The number of aromatic nitrogens is 2. The van der Waals surface area contributed by atoms with Gasteiger partial charge in [-0.05, 0) is 12.1 Å². The normalized spacial score (nSPS) is 10.7. The first-order valence-corrected chi connectivity index (χ1v) is 7.04. The Balaban J connectivity index is 2.44. The SMILES string of the molecule is CC(C)c1nc(N(C)c2cccc(C(N)=S)c2)cc(=O)[nH]1. The van der Waals surface area contributed by atoms with Crippen molar-refractivity contribution in [2.45, 2.75) is 19.8 Å². The van der Waals surface area contributed by atoms with Crippen molar-refractivity contribution in [1.29, 1.82) is 0 Å². The van der Waals surface area contributed by atoms with Gasteiger partial charge in [0.2, 0.25) is 0 Å². The number of anilines is 2. The molecular formula is C15H18N4OS. The van der Waals surface area contributed by atoms with Crippen LogP contribution in [0.4, 0.5) is 11.5 Å². The van der Waals surface area contributed by atoms with Crippen LogP contribution in [0, 0.1) is 0 Å². The first-order chi connectivity index (χ1) is 9.88. The Morgan fingerprint density at radius 3 is 2.71 bits per heavy atom. The Kier molecular flexibility index (Phi) is 4.37. The predicted octanol–water partition coefficient (Wildman–Crippen LogP) is 2.30. The van der Waals surface area contributed by atoms with Gasteiger partial charge < -0.3 is 15.6 Å². The second kappa shape index (κ2) is 6.05. The molecule has 110 valence electrons. The van der Waals surface area contributed by atoms with Crippen molar-refractivity contribution >= 4 is 28.7 Å². The maximum absolute atomic E-state index is 11.8. The second-order valence-corrected chi connectivity index (χ2v) is 5.56. The molecule has 1 heterocycles. The zero-order valence-electron chi connectivity index (χ0n) is 12.3. The molecule has 0 bridgehead atoms. The van der Waals surface area contributed by atoms with Gasteiger partial charge in [0.25, 0.3) is 5.56 Å². The van der Waals surface area contributed by atoms with E-state index < -0.39 is 0 Å². The first-order valence-electron chi connectivity index (χ1n) is 6.63. The number of rotatable bonds is 4. The van der Waals surface area contributed by atoms with Crippen LogP contribution in [0.5, 0.6) is 0 Å². The van der Waals surface area contributed by atoms with E-state index in [1.807, 2.05) is 50.1 Å². The molecule has 6 heteroatoms. The van der Waals surface area contributed by atoms with Gasteiger partial charge in [-0.15, -0.1) is 0 Å². The molecular weight excluding hydrogens is 284 g/mol. The standard InChI is InChI=1S/C15H18N4OS/c1-9(2)15-17-12(8-13(20)18-15)19(3)11-6-4-5-10(7-11)14(16)21/h4-9H,1-3H3,(H2,16,21)(H,17,18,20). The summed E-state index contributed by atoms with van der Waals surface area (Å²) in [6.07, 6.45) is 0. The number of nitrogens with zero attached hydrogens (tertiary/aromatic N) is 2. The van der Waals surface area contributed by atoms with Crippen LogP contribution in [0.25, 0.3) is 0 Å². The zero-order valence-corrected chi connectivity index (χ0v) is 13.1. The Labute approximate surface area is 128 Å². The van der Waals surface area contributed by atoms with Gasteiger partial charge in [0.1, 0.15) is 16.6 Å². The summed E-state index contributed by atoms with van der Waals surface area (Å²) in [5, 5.41) is 0. The maximum Gasteiger partial charge on any atom is 0.253 e. The number of nitrogens with two attached hydrogens (primary N) is 1. The number of hydrogen-bond acceptors (Lipinski definition) is 4. The van der Waals surface area contributed by atoms with E-state index in [9.17, 15) is 4.79 Å². The van der Waals surface area contributed by atoms with E-state index in [4.69, 9.17) is 18.0 Å². The molecule has 0 aliphatic carbocycles. The molecule has 5 nitrogen and oxygen atoms in total. The average molecular weight is 302 g/mol. The summed E-state index contributed by atoms with van der Waals surface area (Å²) >= 11 is 4.99. The van der Waals surface area contributed by atoms with E-state index in [1.54, 1.807) is 0 Å². The molecule has 0 amide bonds. The largest absolute Gasteiger partial charge is 0.389 e. The fourth-order valence-corrected chi connectivity index (χ4v) is 2.04. The van der Waals surface area contributed by atoms with Gasteiger partial charge in [-0.2, -0.15) is 0 Å². The van der Waals surface area contributed by atoms with E-state index in [2.05, 4.69) is 9.97 Å². The van der Waals surface area contributed by atoms with Crippen LogP contribution in [-0.4, -0.2) is 22.0 Å². The highest BCUT2D eigenvalue weighted by Crippen LogP contribution is 2.22. The molecule has 2 aromatic rings. The summed E-state index contributed by atoms with van der Waals surface area (Å²) in [6, 6.07) is 8.99. The third-order valence-corrected chi connectivity index (χ3v) is 3.39. The third kappa shape index (κ3) is 3.46. The Morgan fingerprint density at radius 1 is 1.38 bits per heavy atom. The van der Waals surface area contributed by atoms with Crippen molar-refractivity contribution in [1.82, 2.24) is 9.97 Å². The predicted molar refractivity (Wildman–Crippen MR) is 89.3 cm³/mol. The van der Waals surface area contributed by atoms with Crippen molar-refractivity contribution in [3.8, 4) is 0 Å². The molecule has 0 fully saturated rings. The van der Waals surface area contributed by atoms with Gasteiger partial charge in [-0.1, -0.05) is 38.2 Å². The van der Waals surface area contributed by atoms with Crippen LogP contribution in [0.15, 0.2) is 35.1 Å². The highest BCUT2D eigenvalue weighted by molar-refractivity contribution is 7.80. The minimum absolute atomic E-state index is 0.147. The lowest BCUT2D eigenvalue weighted by Crippen LogP contribution is -2.19. The fourth-order valence-electron chi connectivity index (χ4n) is 1.91. The maximum atomic E-state index is 11.8.